The molecule has 1 radical (unpaired) electrons. The first-order valence-electron chi connectivity index (χ1n) is 4.03. The van der Waals surface area contributed by atoms with Gasteiger partial charge in [0, 0.05) is 6.20 Å². The van der Waals surface area contributed by atoms with Gasteiger partial charge >= 0.3 is 0 Å². The van der Waals surface area contributed by atoms with Crippen LogP contribution in [0, 0.1) is 11.6 Å². The maximum atomic E-state index is 3.99. The summed E-state index contributed by atoms with van der Waals surface area (Å²) >= 11 is 0. The largest absolute Gasteiger partial charge is 0.254 e. The molecule has 0 aromatic carbocycles. The smallest absolute Gasteiger partial charge is 0.0924 e. The average Bonchev–Trinajstić information content (AvgIpc) is 2.62. The first-order chi connectivity index (χ1) is 5.20. The van der Waals surface area contributed by atoms with Gasteiger partial charge in [0.15, 0.2) is 0 Å². The Balaban J connectivity index is 2.21. The fourth-order valence-corrected chi connectivity index (χ4v) is 1.53. The van der Waals surface area contributed by atoms with Crippen LogP contribution in [0.25, 0.3) is 0 Å². The van der Waals surface area contributed by atoms with Gasteiger partial charge < -0.3 is 0 Å². The minimum atomic E-state index is 0.500. The van der Waals surface area contributed by atoms with Crippen molar-refractivity contribution < 1.29 is 0 Å². The summed E-state index contributed by atoms with van der Waals surface area (Å²) in [4.78, 5) is 3.99. The van der Waals surface area contributed by atoms with Gasteiger partial charge in [0.1, 0.15) is 0 Å². The molecule has 1 fully saturated rings. The molecular formula is C10H12N. The molecule has 0 bridgehead atoms. The molecule has 0 saturated heterocycles. The monoisotopic (exact) mass is 146 g/mol. The minimum Gasteiger partial charge on any atom is -0.254 e. The van der Waals surface area contributed by atoms with Crippen LogP contribution < -0.4 is 0 Å². The van der Waals surface area contributed by atoms with Gasteiger partial charge in [-0.1, -0.05) is 19.9 Å². The van der Waals surface area contributed by atoms with Crippen LogP contribution in [0.3, 0.4) is 0 Å². The van der Waals surface area contributed by atoms with E-state index in [0.29, 0.717) is 11.3 Å². The Bertz CT molecular complexity index is 251. The Morgan fingerprint density at radius 1 is 1.64 bits per heavy atom. The lowest BCUT2D eigenvalue weighted by Gasteiger charge is -2.00. The molecule has 0 amide bonds. The highest BCUT2D eigenvalue weighted by molar-refractivity contribution is 5.24. The average molecular weight is 146 g/mol. The van der Waals surface area contributed by atoms with Crippen molar-refractivity contribution in [1.29, 1.82) is 0 Å². The lowest BCUT2D eigenvalue weighted by atomic mass is 10.1. The number of hydrogen-bond acceptors (Lipinski definition) is 1. The summed E-state index contributed by atoms with van der Waals surface area (Å²) in [7, 11) is 0. The molecule has 11 heavy (non-hydrogen) atoms. The zero-order valence-electron chi connectivity index (χ0n) is 6.96. The Morgan fingerprint density at radius 3 is 2.82 bits per heavy atom. The number of rotatable bonds is 1. The van der Waals surface area contributed by atoms with Gasteiger partial charge in [-0.25, -0.2) is 0 Å². The Morgan fingerprint density at radius 2 is 2.36 bits per heavy atom. The van der Waals surface area contributed by atoms with Crippen LogP contribution in [0.15, 0.2) is 18.3 Å². The fraction of sp³-hybridized carbons (Fsp3) is 0.500. The van der Waals surface area contributed by atoms with E-state index in [9.17, 15) is 0 Å². The highest BCUT2D eigenvalue weighted by atomic mass is 14.6. The zero-order valence-corrected chi connectivity index (χ0v) is 6.96. The third-order valence-electron chi connectivity index (χ3n) is 2.52. The predicted octanol–water partition coefficient (Wildman–Crippen LogP) is 2.40. The van der Waals surface area contributed by atoms with Crippen molar-refractivity contribution in [3.05, 3.63) is 30.1 Å². The molecule has 1 saturated carbocycles. The third-order valence-corrected chi connectivity index (χ3v) is 2.52. The number of nitrogens with zero attached hydrogens (tertiary/aromatic N) is 1. The summed E-state index contributed by atoms with van der Waals surface area (Å²) in [5.41, 5.74) is 1.78. The van der Waals surface area contributed by atoms with Gasteiger partial charge in [0.05, 0.1) is 6.20 Å². The summed E-state index contributed by atoms with van der Waals surface area (Å²) in [6.45, 7) is 4.58. The van der Waals surface area contributed by atoms with Crippen LogP contribution in [0.5, 0.6) is 0 Å². The van der Waals surface area contributed by atoms with E-state index in [1.165, 1.54) is 12.0 Å². The molecule has 1 heterocycles. The molecule has 0 N–H and O–H groups in total. The second-order valence-electron chi connectivity index (χ2n) is 3.95. The number of pyridine rings is 1. The molecule has 0 aliphatic heterocycles. The van der Waals surface area contributed by atoms with Gasteiger partial charge in [0.2, 0.25) is 0 Å². The normalized spacial score (nSPS) is 26.5. The Hall–Kier alpha value is -0.850. The first-order valence-corrected chi connectivity index (χ1v) is 4.03. The molecular weight excluding hydrogens is 134 g/mol. The standard InChI is InChI=1S/C10H12N/c1-10(2)6-9(10)8-4-3-5-11-7-8/h3-5,9H,6H2,1-2H3. The van der Waals surface area contributed by atoms with Crippen LogP contribution in [0.1, 0.15) is 31.7 Å². The van der Waals surface area contributed by atoms with Crippen LogP contribution in [-0.2, 0) is 0 Å². The number of hydrogen-bond donors (Lipinski definition) is 0. The molecule has 2 rings (SSSR count). The molecule has 1 unspecified atom stereocenters. The van der Waals surface area contributed by atoms with Crippen molar-refractivity contribution in [1.82, 2.24) is 4.98 Å². The summed E-state index contributed by atoms with van der Waals surface area (Å²) in [6, 6.07) is 4.10. The topological polar surface area (TPSA) is 12.9 Å². The second kappa shape index (κ2) is 2.07. The van der Waals surface area contributed by atoms with E-state index in [1.807, 2.05) is 6.07 Å². The molecule has 57 valence electrons. The molecule has 1 heteroatoms. The third kappa shape index (κ3) is 1.15. The predicted molar refractivity (Wildman–Crippen MR) is 44.2 cm³/mol. The van der Waals surface area contributed by atoms with E-state index in [0.717, 1.165) is 0 Å². The van der Waals surface area contributed by atoms with Crippen molar-refractivity contribution in [2.45, 2.75) is 26.2 Å². The van der Waals surface area contributed by atoms with Gasteiger partial charge in [-0.05, 0) is 29.4 Å². The van der Waals surface area contributed by atoms with Crippen LogP contribution >= 0.6 is 0 Å². The lowest BCUT2D eigenvalue weighted by Crippen LogP contribution is -1.90. The van der Waals surface area contributed by atoms with Crippen LogP contribution in [-0.4, -0.2) is 4.98 Å². The molecule has 1 atom stereocenters. The Labute approximate surface area is 67.5 Å². The quantitative estimate of drug-likeness (QED) is 0.592. The summed E-state index contributed by atoms with van der Waals surface area (Å²) in [5.74, 6) is 0.705. The molecule has 1 aliphatic rings. The SMILES string of the molecule is CC1(C)CC1c1[c]nccc1. The molecule has 0 spiro atoms. The molecule has 1 aromatic rings. The first kappa shape index (κ1) is 6.84. The zero-order chi connectivity index (χ0) is 7.90. The van der Waals surface area contributed by atoms with Crippen molar-refractivity contribution in [3.63, 3.8) is 0 Å². The highest BCUT2D eigenvalue weighted by Gasteiger charge is 2.46. The second-order valence-corrected chi connectivity index (χ2v) is 3.95. The van der Waals surface area contributed by atoms with Crippen LogP contribution in [0.2, 0.25) is 0 Å². The summed E-state index contributed by atoms with van der Waals surface area (Å²) in [6.07, 6.45) is 6.10. The van der Waals surface area contributed by atoms with E-state index in [-0.39, 0.29) is 0 Å². The molecule has 1 aliphatic carbocycles. The van der Waals surface area contributed by atoms with E-state index in [2.05, 4.69) is 31.1 Å². The summed E-state index contributed by atoms with van der Waals surface area (Å²) < 4.78 is 0. The lowest BCUT2D eigenvalue weighted by molar-refractivity contribution is 0.620. The van der Waals surface area contributed by atoms with Crippen molar-refractivity contribution in [3.8, 4) is 0 Å². The van der Waals surface area contributed by atoms with E-state index in [4.69, 9.17) is 0 Å². The van der Waals surface area contributed by atoms with Gasteiger partial charge in [-0.2, -0.15) is 0 Å². The number of aromatic nitrogens is 1. The fourth-order valence-electron chi connectivity index (χ4n) is 1.53. The van der Waals surface area contributed by atoms with Crippen molar-refractivity contribution in [2.24, 2.45) is 5.41 Å². The van der Waals surface area contributed by atoms with E-state index >= 15 is 0 Å². The van der Waals surface area contributed by atoms with Gasteiger partial charge in [-0.15, -0.1) is 0 Å². The summed E-state index contributed by atoms with van der Waals surface area (Å²) in [5, 5.41) is 0. The van der Waals surface area contributed by atoms with Gasteiger partial charge in [0.25, 0.3) is 0 Å². The Kier molecular flexibility index (Phi) is 1.28. The van der Waals surface area contributed by atoms with Crippen molar-refractivity contribution >= 4 is 0 Å². The molecule has 1 nitrogen and oxygen atoms in total. The highest BCUT2D eigenvalue weighted by Crippen LogP contribution is 2.58. The van der Waals surface area contributed by atoms with Crippen LogP contribution in [0.4, 0.5) is 0 Å². The van der Waals surface area contributed by atoms with Crippen molar-refractivity contribution in [2.75, 3.05) is 0 Å². The van der Waals surface area contributed by atoms with E-state index < -0.39 is 0 Å². The van der Waals surface area contributed by atoms with E-state index in [1.54, 1.807) is 6.20 Å². The van der Waals surface area contributed by atoms with Gasteiger partial charge in [-0.3, -0.25) is 4.98 Å². The maximum absolute atomic E-state index is 3.99. The maximum Gasteiger partial charge on any atom is 0.0924 e. The minimum absolute atomic E-state index is 0.500. The molecule has 1 aromatic heterocycles.